The Kier molecular flexibility index (Phi) is 5.90. The molecular formula is C20H18N4O3S. The molecule has 0 aliphatic rings. The first-order chi connectivity index (χ1) is 13.5. The van der Waals surface area contributed by atoms with Crippen LogP contribution in [-0.2, 0) is 16.0 Å². The van der Waals surface area contributed by atoms with Crippen molar-refractivity contribution in [1.29, 1.82) is 0 Å². The van der Waals surface area contributed by atoms with E-state index in [-0.39, 0.29) is 12.1 Å². The average molecular weight is 394 g/mol. The van der Waals surface area contributed by atoms with Gasteiger partial charge in [0.1, 0.15) is 11.7 Å². The van der Waals surface area contributed by atoms with Crippen LogP contribution in [0.2, 0.25) is 0 Å². The second kappa shape index (κ2) is 8.53. The molecule has 28 heavy (non-hydrogen) atoms. The minimum atomic E-state index is -1.10. The lowest BCUT2D eigenvalue weighted by atomic mass is 10.0. The van der Waals surface area contributed by atoms with Crippen LogP contribution in [0.1, 0.15) is 21.6 Å². The normalized spacial score (nSPS) is 11.6. The van der Waals surface area contributed by atoms with Crippen LogP contribution in [0.5, 0.6) is 0 Å². The van der Waals surface area contributed by atoms with Crippen molar-refractivity contribution in [2.24, 2.45) is 5.73 Å². The molecule has 0 aliphatic heterocycles. The van der Waals surface area contributed by atoms with Gasteiger partial charge >= 0.3 is 0 Å². The molecule has 0 fully saturated rings. The van der Waals surface area contributed by atoms with E-state index < -0.39 is 23.6 Å². The number of rotatable bonds is 7. The molecule has 1 unspecified atom stereocenters. The van der Waals surface area contributed by atoms with E-state index in [1.165, 1.54) is 0 Å². The largest absolute Gasteiger partial charge is 0.363 e. The number of hydrogen-bond donors (Lipinski definition) is 2. The molecule has 0 aliphatic carbocycles. The zero-order chi connectivity index (χ0) is 20.1. The van der Waals surface area contributed by atoms with E-state index in [4.69, 9.17) is 5.73 Å². The first-order valence-corrected chi connectivity index (χ1v) is 9.26. The van der Waals surface area contributed by atoms with Gasteiger partial charge in [0.05, 0.1) is 11.7 Å². The Hall–Kier alpha value is -3.39. The summed E-state index contributed by atoms with van der Waals surface area (Å²) in [6.07, 6.45) is 0.145. The third-order valence-corrected chi connectivity index (χ3v) is 4.70. The third kappa shape index (κ3) is 4.47. The lowest BCUT2D eigenvalue weighted by molar-refractivity contribution is -0.137. The van der Waals surface area contributed by atoms with E-state index in [0.717, 1.165) is 28.4 Å². The lowest BCUT2D eigenvalue weighted by Crippen LogP contribution is -2.47. The molecule has 0 bridgehead atoms. The van der Waals surface area contributed by atoms with Gasteiger partial charge in [0.2, 0.25) is 5.78 Å². The van der Waals surface area contributed by atoms with Gasteiger partial charge in [-0.2, -0.15) is 8.75 Å². The van der Waals surface area contributed by atoms with Crippen LogP contribution in [0.3, 0.4) is 0 Å². The van der Waals surface area contributed by atoms with E-state index in [2.05, 4.69) is 14.1 Å². The van der Waals surface area contributed by atoms with Crippen LogP contribution in [-0.4, -0.2) is 32.4 Å². The highest BCUT2D eigenvalue weighted by Gasteiger charge is 2.28. The molecule has 3 N–H and O–H groups in total. The molecule has 1 atom stereocenters. The van der Waals surface area contributed by atoms with Gasteiger partial charge in [0.25, 0.3) is 11.8 Å². The van der Waals surface area contributed by atoms with E-state index in [1.54, 1.807) is 0 Å². The number of nitrogens with zero attached hydrogens (tertiary/aromatic N) is 2. The van der Waals surface area contributed by atoms with Gasteiger partial charge in [-0.15, -0.1) is 0 Å². The van der Waals surface area contributed by atoms with Crippen molar-refractivity contribution in [1.82, 2.24) is 14.1 Å². The van der Waals surface area contributed by atoms with Crippen molar-refractivity contribution in [2.75, 3.05) is 0 Å². The molecule has 0 saturated heterocycles. The van der Waals surface area contributed by atoms with Crippen LogP contribution in [0.15, 0.2) is 54.6 Å². The van der Waals surface area contributed by atoms with Crippen molar-refractivity contribution < 1.29 is 14.4 Å². The minimum absolute atomic E-state index is 0.0994. The summed E-state index contributed by atoms with van der Waals surface area (Å²) in [5.41, 5.74) is 8.28. The maximum absolute atomic E-state index is 12.8. The zero-order valence-electron chi connectivity index (χ0n) is 15.1. The van der Waals surface area contributed by atoms with Gasteiger partial charge in [-0.3, -0.25) is 14.4 Å². The first kappa shape index (κ1) is 19.4. The fraction of sp³-hybridized carbons (Fsp3) is 0.150. The quantitative estimate of drug-likeness (QED) is 0.594. The van der Waals surface area contributed by atoms with Crippen molar-refractivity contribution >= 4 is 29.3 Å². The highest BCUT2D eigenvalue weighted by atomic mass is 32.1. The number of nitrogens with two attached hydrogens (primary N) is 1. The van der Waals surface area contributed by atoms with Crippen LogP contribution >= 0.6 is 11.7 Å². The molecule has 0 spiro atoms. The number of amides is 2. The molecule has 2 amide bonds. The van der Waals surface area contributed by atoms with Gasteiger partial charge in [0, 0.05) is 12.0 Å². The Morgan fingerprint density at radius 2 is 1.71 bits per heavy atom. The average Bonchev–Trinajstić information content (AvgIpc) is 3.19. The number of hydrogen-bond acceptors (Lipinski definition) is 6. The molecule has 8 heteroatoms. The summed E-state index contributed by atoms with van der Waals surface area (Å²) in [6, 6.07) is 15.5. The monoisotopic (exact) mass is 394 g/mol. The maximum atomic E-state index is 12.8. The van der Waals surface area contributed by atoms with E-state index in [0.29, 0.717) is 5.69 Å². The van der Waals surface area contributed by atoms with Gasteiger partial charge in [-0.05, 0) is 12.5 Å². The summed E-state index contributed by atoms with van der Waals surface area (Å²) in [5.74, 6) is -2.55. The van der Waals surface area contributed by atoms with Crippen molar-refractivity contribution in [2.45, 2.75) is 19.4 Å². The predicted molar refractivity (Wildman–Crippen MR) is 106 cm³/mol. The molecule has 3 rings (SSSR count). The second-order valence-electron chi connectivity index (χ2n) is 6.27. The Bertz CT molecular complexity index is 1000. The predicted octanol–water partition coefficient (Wildman–Crippen LogP) is 1.91. The summed E-state index contributed by atoms with van der Waals surface area (Å²) >= 11 is 0.899. The Labute approximate surface area is 165 Å². The number of carbonyl (C=O) groups excluding carboxylic acids is 3. The van der Waals surface area contributed by atoms with Crippen molar-refractivity contribution in [3.05, 3.63) is 71.4 Å². The molecule has 142 valence electrons. The Balaban J connectivity index is 1.84. The number of carbonyl (C=O) groups is 3. The molecule has 2 aromatic carbocycles. The SMILES string of the molecule is Cc1ccc(CC(NC(=O)c2nsnc2-c2ccccc2)C(=O)C(N)=O)cc1. The first-order valence-electron chi connectivity index (χ1n) is 8.53. The van der Waals surface area contributed by atoms with Crippen LogP contribution in [0, 0.1) is 6.92 Å². The number of primary amides is 1. The molecule has 0 saturated carbocycles. The fourth-order valence-electron chi connectivity index (χ4n) is 2.69. The van der Waals surface area contributed by atoms with E-state index in [9.17, 15) is 14.4 Å². The van der Waals surface area contributed by atoms with Gasteiger partial charge in [-0.1, -0.05) is 60.2 Å². The summed E-state index contributed by atoms with van der Waals surface area (Å²) in [7, 11) is 0. The highest BCUT2D eigenvalue weighted by Crippen LogP contribution is 2.21. The second-order valence-corrected chi connectivity index (χ2v) is 6.80. The molecule has 1 heterocycles. The highest BCUT2D eigenvalue weighted by molar-refractivity contribution is 6.99. The number of aromatic nitrogens is 2. The van der Waals surface area contributed by atoms with Crippen LogP contribution in [0.25, 0.3) is 11.3 Å². The fourth-order valence-corrected chi connectivity index (χ4v) is 3.26. The van der Waals surface area contributed by atoms with E-state index >= 15 is 0 Å². The van der Waals surface area contributed by atoms with Crippen LogP contribution in [0.4, 0.5) is 0 Å². The summed E-state index contributed by atoms with van der Waals surface area (Å²) in [6.45, 7) is 1.94. The van der Waals surface area contributed by atoms with Gasteiger partial charge in [-0.25, -0.2) is 0 Å². The van der Waals surface area contributed by atoms with Gasteiger partial charge in [0.15, 0.2) is 5.69 Å². The molecule has 3 aromatic rings. The number of aryl methyl sites for hydroxylation is 1. The third-order valence-electron chi connectivity index (χ3n) is 4.18. The lowest BCUT2D eigenvalue weighted by Gasteiger charge is -2.16. The Morgan fingerprint density at radius 1 is 1.04 bits per heavy atom. The maximum Gasteiger partial charge on any atom is 0.287 e. The summed E-state index contributed by atoms with van der Waals surface area (Å²) in [5, 5.41) is 2.59. The molecule has 7 nitrogen and oxygen atoms in total. The summed E-state index contributed by atoms with van der Waals surface area (Å²) < 4.78 is 8.24. The number of Topliss-reactive ketones (excluding diaryl/α,β-unsaturated/α-hetero) is 1. The minimum Gasteiger partial charge on any atom is -0.363 e. The molecule has 1 aromatic heterocycles. The van der Waals surface area contributed by atoms with Crippen LogP contribution < -0.4 is 11.1 Å². The van der Waals surface area contributed by atoms with E-state index in [1.807, 2.05) is 61.5 Å². The number of benzene rings is 2. The van der Waals surface area contributed by atoms with Gasteiger partial charge < -0.3 is 11.1 Å². The zero-order valence-corrected chi connectivity index (χ0v) is 15.9. The molecular weight excluding hydrogens is 376 g/mol. The Morgan fingerprint density at radius 3 is 2.36 bits per heavy atom. The van der Waals surface area contributed by atoms with Crippen molar-refractivity contribution in [3.63, 3.8) is 0 Å². The smallest absolute Gasteiger partial charge is 0.287 e. The topological polar surface area (TPSA) is 115 Å². The summed E-state index contributed by atoms with van der Waals surface area (Å²) in [4.78, 5) is 36.5. The number of ketones is 1. The number of nitrogens with one attached hydrogen (secondary N) is 1. The standard InChI is InChI=1S/C20H18N4O3S/c1-12-7-9-13(10-8-12)11-15(18(25)19(21)26)22-20(27)17-16(23-28-24-17)14-5-3-2-4-6-14/h2-10,15H,11H2,1H3,(H2,21,26)(H,22,27). The molecule has 0 radical (unpaired) electrons. The van der Waals surface area contributed by atoms with Crippen molar-refractivity contribution in [3.8, 4) is 11.3 Å².